The minimum Gasteiger partial charge on any atom is -0.506 e. The number of hydrogen-bond donors (Lipinski definition) is 2. The Labute approximate surface area is 90.4 Å². The lowest BCUT2D eigenvalue weighted by Gasteiger charge is -2.03. The molecule has 0 aromatic rings. The van der Waals surface area contributed by atoms with Crippen molar-refractivity contribution in [3.05, 3.63) is 23.6 Å². The number of ether oxygens (including phenoxy) is 1. The van der Waals surface area contributed by atoms with Crippen molar-refractivity contribution < 1.29 is 28.2 Å². The number of carbonyl (C=O) groups is 2. The fourth-order valence-electron chi connectivity index (χ4n) is 0.689. The van der Waals surface area contributed by atoms with Crippen molar-refractivity contribution in [2.45, 2.75) is 13.3 Å². The van der Waals surface area contributed by atoms with E-state index in [1.807, 2.05) is 5.32 Å². The van der Waals surface area contributed by atoms with Gasteiger partial charge in [0.2, 0.25) is 6.41 Å². The summed E-state index contributed by atoms with van der Waals surface area (Å²) in [6.45, 7) is 1.62. The summed E-state index contributed by atoms with van der Waals surface area (Å²) < 4.78 is 28.2. The van der Waals surface area contributed by atoms with Crippen LogP contribution in [0.15, 0.2) is 23.6 Å². The Hall–Kier alpha value is -1.92. The second kappa shape index (κ2) is 7.38. The third-order valence-electron chi connectivity index (χ3n) is 1.35. The molecule has 0 radical (unpaired) electrons. The predicted octanol–water partition coefficient (Wildman–Crippen LogP) is 0.886. The van der Waals surface area contributed by atoms with Crippen LogP contribution in [0.4, 0.5) is 8.78 Å². The summed E-state index contributed by atoms with van der Waals surface area (Å²) >= 11 is 0. The Morgan fingerprint density at radius 1 is 1.50 bits per heavy atom. The summed E-state index contributed by atoms with van der Waals surface area (Å²) in [5, 5.41) is 10.6. The highest BCUT2D eigenvalue weighted by atomic mass is 19.3. The van der Waals surface area contributed by atoms with Crippen LogP contribution >= 0.6 is 0 Å². The van der Waals surface area contributed by atoms with Gasteiger partial charge in [-0.05, 0) is 19.1 Å². The fourth-order valence-corrected chi connectivity index (χ4v) is 0.689. The van der Waals surface area contributed by atoms with E-state index in [-0.39, 0.29) is 18.7 Å². The van der Waals surface area contributed by atoms with Gasteiger partial charge in [-0.25, -0.2) is 13.6 Å². The molecule has 0 atom stereocenters. The van der Waals surface area contributed by atoms with Crippen molar-refractivity contribution in [3.63, 3.8) is 0 Å². The predicted molar refractivity (Wildman–Crippen MR) is 50.6 cm³/mol. The molecule has 1 amide bonds. The van der Waals surface area contributed by atoms with Gasteiger partial charge in [-0.15, -0.1) is 0 Å². The van der Waals surface area contributed by atoms with Gasteiger partial charge in [0.05, 0.1) is 6.61 Å². The molecule has 7 heteroatoms. The molecule has 0 unspecified atom stereocenters. The summed E-state index contributed by atoms with van der Waals surface area (Å²) in [5.74, 6) is -2.09. The first-order chi connectivity index (χ1) is 7.52. The van der Waals surface area contributed by atoms with Crippen molar-refractivity contribution >= 4 is 12.4 Å². The van der Waals surface area contributed by atoms with E-state index >= 15 is 0 Å². The molecule has 0 saturated heterocycles. The van der Waals surface area contributed by atoms with Gasteiger partial charge in [-0.3, -0.25) is 4.79 Å². The molecule has 90 valence electrons. The lowest BCUT2D eigenvalue weighted by atomic mass is 10.3. The Balaban J connectivity index is 4.76. The zero-order valence-electron chi connectivity index (χ0n) is 8.44. The highest BCUT2D eigenvalue weighted by Crippen LogP contribution is 2.05. The quantitative estimate of drug-likeness (QED) is 0.236. The first-order valence-electron chi connectivity index (χ1n) is 4.29. The number of allylic oxidation sites excluding steroid dienone is 3. The van der Waals surface area contributed by atoms with E-state index in [0.717, 1.165) is 6.08 Å². The molecule has 5 nitrogen and oxygen atoms in total. The van der Waals surface area contributed by atoms with E-state index < -0.39 is 18.2 Å². The van der Waals surface area contributed by atoms with Gasteiger partial charge in [0.1, 0.15) is 5.70 Å². The average Bonchev–Trinajstić information content (AvgIpc) is 2.23. The largest absolute Gasteiger partial charge is 0.506 e. The maximum Gasteiger partial charge on any atom is 0.354 e. The summed E-state index contributed by atoms with van der Waals surface area (Å²) in [5.41, 5.74) is -0.343. The molecule has 0 saturated carbocycles. The molecular formula is C9H11F2NO4. The Morgan fingerprint density at radius 3 is 2.56 bits per heavy atom. The van der Waals surface area contributed by atoms with Crippen molar-refractivity contribution in [3.8, 4) is 0 Å². The molecule has 16 heavy (non-hydrogen) atoms. The lowest BCUT2D eigenvalue weighted by molar-refractivity contribution is -0.139. The van der Waals surface area contributed by atoms with Gasteiger partial charge in [-0.2, -0.15) is 0 Å². The van der Waals surface area contributed by atoms with Crippen LogP contribution in [0.2, 0.25) is 0 Å². The molecule has 0 heterocycles. The number of carbonyl (C=O) groups excluding carboxylic acids is 2. The second-order valence-corrected chi connectivity index (χ2v) is 2.46. The van der Waals surface area contributed by atoms with Gasteiger partial charge >= 0.3 is 5.97 Å². The fraction of sp³-hybridized carbons (Fsp3) is 0.333. The first-order valence-corrected chi connectivity index (χ1v) is 4.29. The molecule has 0 aliphatic rings. The van der Waals surface area contributed by atoms with Crippen molar-refractivity contribution in [1.82, 2.24) is 5.32 Å². The van der Waals surface area contributed by atoms with E-state index in [1.54, 1.807) is 6.92 Å². The van der Waals surface area contributed by atoms with Crippen LogP contribution in [0.3, 0.4) is 0 Å². The maximum atomic E-state index is 11.9. The molecule has 0 fully saturated rings. The van der Waals surface area contributed by atoms with Crippen molar-refractivity contribution in [1.29, 1.82) is 0 Å². The minimum absolute atomic E-state index is 0.0707. The molecule has 2 N–H and O–H groups in total. The second-order valence-electron chi connectivity index (χ2n) is 2.46. The topological polar surface area (TPSA) is 75.6 Å². The third-order valence-corrected chi connectivity index (χ3v) is 1.35. The number of rotatable bonds is 6. The van der Waals surface area contributed by atoms with E-state index in [2.05, 4.69) is 4.74 Å². The summed E-state index contributed by atoms with van der Waals surface area (Å²) in [7, 11) is 0. The van der Waals surface area contributed by atoms with Crippen LogP contribution in [-0.4, -0.2) is 30.5 Å². The van der Waals surface area contributed by atoms with Crippen molar-refractivity contribution in [2.24, 2.45) is 0 Å². The SMILES string of the molecule is CCOC(=O)/C(=C/C=C(\O)C(F)F)NC=O. The molecule has 0 aliphatic carbocycles. The normalized spacial score (nSPS) is 12.5. The Bertz CT molecular complexity index is 313. The van der Waals surface area contributed by atoms with Crippen LogP contribution in [0, 0.1) is 0 Å². The van der Waals surface area contributed by atoms with Crippen LogP contribution in [-0.2, 0) is 14.3 Å². The van der Waals surface area contributed by atoms with E-state index in [0.29, 0.717) is 6.08 Å². The molecule has 0 spiro atoms. The number of aliphatic hydroxyl groups is 1. The Kier molecular flexibility index (Phi) is 6.50. The maximum absolute atomic E-state index is 11.9. The number of hydrogen-bond acceptors (Lipinski definition) is 4. The first kappa shape index (κ1) is 14.1. The molecule has 0 bridgehead atoms. The molecular weight excluding hydrogens is 224 g/mol. The molecule has 0 aromatic carbocycles. The monoisotopic (exact) mass is 235 g/mol. The third kappa shape index (κ3) is 5.08. The van der Waals surface area contributed by atoms with Gasteiger partial charge in [0.15, 0.2) is 5.76 Å². The van der Waals surface area contributed by atoms with E-state index in [9.17, 15) is 18.4 Å². The van der Waals surface area contributed by atoms with Gasteiger partial charge in [0, 0.05) is 0 Å². The highest BCUT2D eigenvalue weighted by molar-refractivity contribution is 5.90. The van der Waals surface area contributed by atoms with Crippen LogP contribution in [0.5, 0.6) is 0 Å². The number of nitrogens with one attached hydrogen (secondary N) is 1. The number of alkyl halides is 2. The summed E-state index contributed by atoms with van der Waals surface area (Å²) in [4.78, 5) is 21.2. The Morgan fingerprint density at radius 2 is 2.12 bits per heavy atom. The minimum atomic E-state index is -3.05. The zero-order chi connectivity index (χ0) is 12.6. The number of aliphatic hydroxyl groups excluding tert-OH is 1. The zero-order valence-corrected chi connectivity index (χ0v) is 8.44. The summed E-state index contributed by atoms with van der Waals surface area (Å²) in [6, 6.07) is 0. The summed E-state index contributed by atoms with van der Waals surface area (Å²) in [6.07, 6.45) is -1.42. The lowest BCUT2D eigenvalue weighted by Crippen LogP contribution is -2.21. The smallest absolute Gasteiger partial charge is 0.354 e. The number of halogens is 2. The van der Waals surface area contributed by atoms with E-state index in [1.165, 1.54) is 0 Å². The number of esters is 1. The number of amides is 1. The van der Waals surface area contributed by atoms with E-state index in [4.69, 9.17) is 5.11 Å². The average molecular weight is 235 g/mol. The van der Waals surface area contributed by atoms with Crippen LogP contribution in [0.1, 0.15) is 6.92 Å². The van der Waals surface area contributed by atoms with Gasteiger partial charge < -0.3 is 15.2 Å². The van der Waals surface area contributed by atoms with Crippen LogP contribution < -0.4 is 5.32 Å². The van der Waals surface area contributed by atoms with Gasteiger partial charge in [0.25, 0.3) is 6.43 Å². The standard InChI is InChI=1S/C9H11F2NO4/c1-2-16-9(15)6(12-5-13)3-4-7(14)8(10)11/h3-5,8,14H,2H2,1H3,(H,12,13)/b6-3-,7-4-. The molecule has 0 aliphatic heterocycles. The molecule has 0 aromatic heterocycles. The molecule has 0 rings (SSSR count). The van der Waals surface area contributed by atoms with Crippen molar-refractivity contribution in [2.75, 3.05) is 6.61 Å². The van der Waals surface area contributed by atoms with Gasteiger partial charge in [-0.1, -0.05) is 0 Å². The van der Waals surface area contributed by atoms with Crippen LogP contribution in [0.25, 0.3) is 0 Å². The highest BCUT2D eigenvalue weighted by Gasteiger charge is 2.10.